The van der Waals surface area contributed by atoms with Gasteiger partial charge >= 0.3 is 17.0 Å². The van der Waals surface area contributed by atoms with Gasteiger partial charge in [0, 0.05) is 10.8 Å². The quantitative estimate of drug-likeness (QED) is 0.164. The van der Waals surface area contributed by atoms with Crippen LogP contribution in [0.2, 0.25) is 0 Å². The number of nitrogens with zero attached hydrogens (tertiary/aromatic N) is 2. The molecular formula is C36H32F3N3O6S2. The summed E-state index contributed by atoms with van der Waals surface area (Å²) in [4.78, 5) is 68.2. The zero-order valence-corrected chi connectivity index (χ0v) is 29.0. The number of fused-ring (bicyclic) bond motifs is 2. The predicted molar refractivity (Wildman–Crippen MR) is 184 cm³/mol. The molecule has 0 aliphatic carbocycles. The van der Waals surface area contributed by atoms with Gasteiger partial charge in [0.05, 0.1) is 40.1 Å². The van der Waals surface area contributed by atoms with Gasteiger partial charge in [0.15, 0.2) is 0 Å². The first kappa shape index (κ1) is 35.1. The van der Waals surface area contributed by atoms with Crippen LogP contribution >= 0.6 is 23.1 Å². The van der Waals surface area contributed by atoms with E-state index in [1.54, 1.807) is 6.92 Å². The molecule has 6 rings (SSSR count). The second kappa shape index (κ2) is 13.2. The highest BCUT2D eigenvalue weighted by molar-refractivity contribution is 8.00. The van der Waals surface area contributed by atoms with Crippen LogP contribution in [0, 0.1) is 5.92 Å². The van der Waals surface area contributed by atoms with Gasteiger partial charge in [-0.3, -0.25) is 23.7 Å². The number of halogens is 3. The van der Waals surface area contributed by atoms with Gasteiger partial charge in [-0.05, 0) is 59.9 Å². The number of carbonyl (C=O) groups is 4. The molecule has 3 heterocycles. The minimum absolute atomic E-state index is 0.174. The fourth-order valence-electron chi connectivity index (χ4n) is 6.19. The Morgan fingerprint density at radius 3 is 2.18 bits per heavy atom. The normalized spacial score (nSPS) is 18.9. The molecule has 0 saturated carbocycles. The minimum Gasteiger partial charge on any atom is -0.462 e. The van der Waals surface area contributed by atoms with Gasteiger partial charge < -0.3 is 10.1 Å². The number of thioether (sulfide) groups is 1. The molecule has 9 nitrogen and oxygen atoms in total. The first-order valence-electron chi connectivity index (χ1n) is 15.7. The fourth-order valence-corrected chi connectivity index (χ4v) is 8.97. The number of amides is 3. The van der Waals surface area contributed by atoms with Crippen molar-refractivity contribution >= 4 is 58.2 Å². The zero-order chi connectivity index (χ0) is 36.1. The highest BCUT2D eigenvalue weighted by Gasteiger charge is 2.57. The first-order valence-corrected chi connectivity index (χ1v) is 17.4. The summed E-state index contributed by atoms with van der Waals surface area (Å²) >= 11 is 1.83. The lowest BCUT2D eigenvalue weighted by Crippen LogP contribution is -2.33. The Hall–Kier alpha value is -4.69. The predicted octanol–water partition coefficient (Wildman–Crippen LogP) is 6.84. The van der Waals surface area contributed by atoms with E-state index in [1.807, 2.05) is 24.3 Å². The molecule has 3 amide bonds. The number of rotatable bonds is 7. The van der Waals surface area contributed by atoms with Gasteiger partial charge in [0.25, 0.3) is 0 Å². The van der Waals surface area contributed by atoms with Gasteiger partial charge in [-0.25, -0.2) is 9.69 Å². The second-order valence-corrected chi connectivity index (χ2v) is 15.0. The molecule has 2 aliphatic rings. The lowest BCUT2D eigenvalue weighted by Gasteiger charge is -2.31. The van der Waals surface area contributed by atoms with Crippen LogP contribution in [0.4, 0.5) is 24.5 Å². The van der Waals surface area contributed by atoms with Gasteiger partial charge in [-0.15, -0.1) is 0 Å². The molecule has 0 bridgehead atoms. The summed E-state index contributed by atoms with van der Waals surface area (Å²) < 4.78 is 47.0. The minimum atomic E-state index is -4.72. The number of imide groups is 1. The van der Waals surface area contributed by atoms with Crippen molar-refractivity contribution in [2.45, 2.75) is 62.0 Å². The summed E-state index contributed by atoms with van der Waals surface area (Å²) in [6.45, 7) is 7.42. The number of benzene rings is 3. The number of carbonyl (C=O) groups excluding carboxylic acids is 4. The Labute approximate surface area is 293 Å². The van der Waals surface area contributed by atoms with Crippen LogP contribution in [0.25, 0.3) is 0 Å². The topological polar surface area (TPSA) is 115 Å². The summed E-state index contributed by atoms with van der Waals surface area (Å²) in [5.74, 6) is -4.09. The van der Waals surface area contributed by atoms with Crippen LogP contribution < -0.4 is 15.1 Å². The standard InChI is InChI=1S/C36H32F3N3O6S2/c1-5-48-33(46)20-12-16-22(17-13-20)42-30(44)27-26(19-10-14-21(15-11-19)35(2,3)4)29-32(49-28(27)31(42)45)41(34(47)50-29)18-25(43)40-24-9-7-6-8-23(24)36(37,38)39/h6-17,26-28H,5,18H2,1-4H3,(H,40,43). The van der Waals surface area contributed by atoms with Gasteiger partial charge in [-0.2, -0.15) is 13.2 Å². The van der Waals surface area contributed by atoms with E-state index in [-0.39, 0.29) is 23.3 Å². The molecule has 1 saturated heterocycles. The first-order chi connectivity index (χ1) is 23.6. The van der Waals surface area contributed by atoms with Crippen LogP contribution in [0.15, 0.2) is 82.6 Å². The molecule has 1 aromatic heterocycles. The molecule has 3 aromatic carbocycles. The third-order valence-corrected chi connectivity index (χ3v) is 11.2. The number of anilines is 2. The maximum Gasteiger partial charge on any atom is 0.418 e. The van der Waals surface area contributed by atoms with Crippen molar-refractivity contribution in [1.82, 2.24) is 4.57 Å². The Balaban J connectivity index is 1.39. The smallest absolute Gasteiger partial charge is 0.418 e. The fraction of sp³-hybridized carbons (Fsp3) is 0.306. The molecule has 3 atom stereocenters. The van der Waals surface area contributed by atoms with Crippen LogP contribution in [0.5, 0.6) is 0 Å². The van der Waals surface area contributed by atoms with E-state index in [2.05, 4.69) is 26.1 Å². The van der Waals surface area contributed by atoms with E-state index in [9.17, 15) is 37.1 Å². The highest BCUT2D eigenvalue weighted by Crippen LogP contribution is 2.54. The van der Waals surface area contributed by atoms with Gasteiger partial charge in [-0.1, -0.05) is 80.3 Å². The highest BCUT2D eigenvalue weighted by atomic mass is 32.2. The van der Waals surface area contributed by atoms with Crippen LogP contribution in [0.1, 0.15) is 65.5 Å². The van der Waals surface area contributed by atoms with Gasteiger partial charge in [0.2, 0.25) is 17.7 Å². The molecule has 3 unspecified atom stereocenters. The van der Waals surface area contributed by atoms with Crippen molar-refractivity contribution in [2.24, 2.45) is 5.92 Å². The lowest BCUT2D eigenvalue weighted by atomic mass is 9.81. The number of hydrogen-bond donors (Lipinski definition) is 1. The molecule has 2 aliphatic heterocycles. The van der Waals surface area contributed by atoms with Crippen molar-refractivity contribution in [3.8, 4) is 0 Å². The van der Waals surface area contributed by atoms with E-state index in [4.69, 9.17) is 4.74 Å². The number of nitrogens with one attached hydrogen (secondary N) is 1. The average Bonchev–Trinajstić information content (AvgIpc) is 3.50. The molecule has 14 heteroatoms. The summed E-state index contributed by atoms with van der Waals surface area (Å²) in [7, 11) is 0. The number of aromatic nitrogens is 1. The number of para-hydroxylation sites is 1. The van der Waals surface area contributed by atoms with Crippen molar-refractivity contribution in [1.29, 1.82) is 0 Å². The van der Waals surface area contributed by atoms with E-state index in [0.29, 0.717) is 15.5 Å². The summed E-state index contributed by atoms with van der Waals surface area (Å²) in [5, 5.41) is 1.59. The Morgan fingerprint density at radius 1 is 0.900 bits per heavy atom. The van der Waals surface area contributed by atoms with E-state index in [1.165, 1.54) is 36.4 Å². The largest absolute Gasteiger partial charge is 0.462 e. The molecule has 260 valence electrons. The maximum atomic E-state index is 14.2. The second-order valence-electron chi connectivity index (χ2n) is 12.9. The van der Waals surface area contributed by atoms with E-state index in [0.717, 1.165) is 50.3 Å². The molecule has 0 radical (unpaired) electrons. The van der Waals surface area contributed by atoms with Crippen molar-refractivity contribution < 1.29 is 37.1 Å². The zero-order valence-electron chi connectivity index (χ0n) is 27.4. The molecule has 4 aromatic rings. The van der Waals surface area contributed by atoms with Gasteiger partial charge in [0.1, 0.15) is 11.8 Å². The summed E-state index contributed by atoms with van der Waals surface area (Å²) in [6, 6.07) is 18.1. The maximum absolute atomic E-state index is 14.2. The number of esters is 1. The Morgan fingerprint density at radius 2 is 1.56 bits per heavy atom. The molecule has 1 fully saturated rings. The lowest BCUT2D eigenvalue weighted by molar-refractivity contribution is -0.137. The molecule has 1 N–H and O–H groups in total. The molecular weight excluding hydrogens is 692 g/mol. The molecule has 50 heavy (non-hydrogen) atoms. The summed E-state index contributed by atoms with van der Waals surface area (Å²) in [5.41, 5.74) is 0.567. The van der Waals surface area contributed by atoms with Crippen molar-refractivity contribution in [3.63, 3.8) is 0 Å². The van der Waals surface area contributed by atoms with Crippen LogP contribution in [0.3, 0.4) is 0 Å². The molecule has 0 spiro atoms. The van der Waals surface area contributed by atoms with Crippen LogP contribution in [-0.2, 0) is 37.3 Å². The SMILES string of the molecule is CCOC(=O)c1ccc(N2C(=O)C3Sc4c(sc(=O)n4CC(=O)Nc4ccccc4C(F)(F)F)C(c4ccc(C(C)(C)C)cc4)C3C2=O)cc1. The summed E-state index contributed by atoms with van der Waals surface area (Å²) in [6.07, 6.45) is -4.72. The number of hydrogen-bond acceptors (Lipinski definition) is 8. The third-order valence-electron chi connectivity index (χ3n) is 8.63. The monoisotopic (exact) mass is 723 g/mol. The van der Waals surface area contributed by atoms with E-state index < -0.39 is 69.6 Å². The Kier molecular flexibility index (Phi) is 9.29. The number of ether oxygens (including phenoxy) is 1. The van der Waals surface area contributed by atoms with Crippen molar-refractivity contribution in [2.75, 3.05) is 16.8 Å². The number of alkyl halides is 3. The average molecular weight is 724 g/mol. The third kappa shape index (κ3) is 6.49. The van der Waals surface area contributed by atoms with Crippen LogP contribution in [-0.4, -0.2) is 40.1 Å². The van der Waals surface area contributed by atoms with Crippen molar-refractivity contribution in [3.05, 3.63) is 110 Å². The Bertz CT molecular complexity index is 2050. The number of thiazole rings is 1. The van der Waals surface area contributed by atoms with E-state index >= 15 is 0 Å².